The summed E-state index contributed by atoms with van der Waals surface area (Å²) in [6.45, 7) is 9.18. The minimum Gasteiger partial charge on any atom is -0.490 e. The van der Waals surface area contributed by atoms with Crippen LogP contribution in [0.3, 0.4) is 0 Å². The van der Waals surface area contributed by atoms with Crippen LogP contribution in [0.4, 0.5) is 5.69 Å². The summed E-state index contributed by atoms with van der Waals surface area (Å²) in [7, 11) is 0. The molecule has 0 aromatic heterocycles. The fraction of sp³-hybridized carbons (Fsp3) is 0.286. The van der Waals surface area contributed by atoms with Gasteiger partial charge in [-0.2, -0.15) is 0 Å². The second-order valence-electron chi connectivity index (χ2n) is 7.80. The van der Waals surface area contributed by atoms with E-state index in [0.29, 0.717) is 53.9 Å². The first-order valence-electron chi connectivity index (χ1n) is 11.8. The minimum absolute atomic E-state index is 0.188. The van der Waals surface area contributed by atoms with Crippen LogP contribution in [-0.4, -0.2) is 31.6 Å². The quantitative estimate of drug-likeness (QED) is 0.388. The lowest BCUT2D eigenvalue weighted by atomic mass is 10.1. The molecule has 0 saturated heterocycles. The van der Waals surface area contributed by atoms with Crippen LogP contribution < -0.4 is 24.8 Å². The third kappa shape index (κ3) is 6.99. The molecular formula is C28H32N2O5. The van der Waals surface area contributed by atoms with E-state index in [9.17, 15) is 9.59 Å². The normalized spacial score (nSPS) is 10.4. The highest BCUT2D eigenvalue weighted by atomic mass is 16.5. The van der Waals surface area contributed by atoms with Crippen LogP contribution in [0, 0.1) is 6.92 Å². The molecule has 0 radical (unpaired) electrons. The molecule has 35 heavy (non-hydrogen) atoms. The highest BCUT2D eigenvalue weighted by molar-refractivity contribution is 6.04. The van der Waals surface area contributed by atoms with Crippen molar-refractivity contribution >= 4 is 17.5 Å². The van der Waals surface area contributed by atoms with Crippen LogP contribution in [0.5, 0.6) is 17.2 Å². The molecular weight excluding hydrogens is 444 g/mol. The second kappa shape index (κ2) is 12.5. The van der Waals surface area contributed by atoms with Crippen LogP contribution in [0.2, 0.25) is 0 Å². The molecule has 0 aliphatic heterocycles. The van der Waals surface area contributed by atoms with Crippen LogP contribution in [0.1, 0.15) is 52.6 Å². The van der Waals surface area contributed by atoms with Crippen molar-refractivity contribution in [1.29, 1.82) is 0 Å². The number of anilines is 1. The molecule has 7 heteroatoms. The van der Waals surface area contributed by atoms with Crippen LogP contribution in [0.15, 0.2) is 60.7 Å². The maximum Gasteiger partial charge on any atom is 0.255 e. The lowest BCUT2D eigenvalue weighted by Crippen LogP contribution is -2.23. The Morgan fingerprint density at radius 3 is 1.97 bits per heavy atom. The van der Waals surface area contributed by atoms with Gasteiger partial charge in [0.1, 0.15) is 0 Å². The van der Waals surface area contributed by atoms with Crippen molar-refractivity contribution in [2.24, 2.45) is 0 Å². The number of hydrogen-bond donors (Lipinski definition) is 2. The van der Waals surface area contributed by atoms with E-state index in [1.807, 2.05) is 64.1 Å². The summed E-state index contributed by atoms with van der Waals surface area (Å²) in [4.78, 5) is 25.5. The van der Waals surface area contributed by atoms with E-state index >= 15 is 0 Å². The van der Waals surface area contributed by atoms with Gasteiger partial charge in [-0.1, -0.05) is 29.8 Å². The van der Waals surface area contributed by atoms with Crippen molar-refractivity contribution in [3.05, 3.63) is 82.9 Å². The van der Waals surface area contributed by atoms with Gasteiger partial charge >= 0.3 is 0 Å². The first kappa shape index (κ1) is 25.6. The molecule has 0 aliphatic carbocycles. The molecule has 3 aromatic carbocycles. The van der Waals surface area contributed by atoms with E-state index in [1.54, 1.807) is 24.3 Å². The van der Waals surface area contributed by atoms with Gasteiger partial charge in [0.25, 0.3) is 11.8 Å². The van der Waals surface area contributed by atoms with E-state index < -0.39 is 0 Å². The summed E-state index contributed by atoms with van der Waals surface area (Å²) < 4.78 is 17.1. The fourth-order valence-corrected chi connectivity index (χ4v) is 3.47. The van der Waals surface area contributed by atoms with E-state index in [-0.39, 0.29) is 18.4 Å². The van der Waals surface area contributed by atoms with Crippen molar-refractivity contribution in [1.82, 2.24) is 5.32 Å². The molecule has 0 bridgehead atoms. The van der Waals surface area contributed by atoms with E-state index in [1.165, 1.54) is 0 Å². The average molecular weight is 477 g/mol. The summed E-state index contributed by atoms with van der Waals surface area (Å²) in [5, 5.41) is 5.82. The third-order valence-electron chi connectivity index (χ3n) is 5.12. The van der Waals surface area contributed by atoms with Gasteiger partial charge in [-0.05, 0) is 69.7 Å². The Morgan fingerprint density at radius 2 is 1.37 bits per heavy atom. The van der Waals surface area contributed by atoms with Crippen molar-refractivity contribution in [2.75, 3.05) is 25.1 Å². The van der Waals surface area contributed by atoms with Crippen LogP contribution in [0.25, 0.3) is 0 Å². The van der Waals surface area contributed by atoms with Crippen LogP contribution in [-0.2, 0) is 6.54 Å². The average Bonchev–Trinajstić information content (AvgIpc) is 2.85. The van der Waals surface area contributed by atoms with Gasteiger partial charge in [-0.3, -0.25) is 9.59 Å². The Balaban J connectivity index is 1.71. The molecule has 0 spiro atoms. The molecule has 3 aromatic rings. The van der Waals surface area contributed by atoms with E-state index in [0.717, 1.165) is 11.1 Å². The van der Waals surface area contributed by atoms with Crippen molar-refractivity contribution in [3.63, 3.8) is 0 Å². The highest BCUT2D eigenvalue weighted by Gasteiger charge is 2.18. The number of carbonyl (C=O) groups is 2. The third-order valence-corrected chi connectivity index (χ3v) is 5.12. The smallest absolute Gasteiger partial charge is 0.255 e. The van der Waals surface area contributed by atoms with Gasteiger partial charge in [0.15, 0.2) is 11.5 Å². The highest BCUT2D eigenvalue weighted by Crippen LogP contribution is 2.39. The minimum atomic E-state index is -0.274. The largest absolute Gasteiger partial charge is 0.490 e. The molecule has 2 amide bonds. The van der Waals surface area contributed by atoms with Gasteiger partial charge in [-0.25, -0.2) is 0 Å². The lowest BCUT2D eigenvalue weighted by Gasteiger charge is -2.17. The van der Waals surface area contributed by atoms with Crippen LogP contribution >= 0.6 is 0 Å². The summed E-state index contributed by atoms with van der Waals surface area (Å²) in [6, 6.07) is 18.1. The Kier molecular flexibility index (Phi) is 9.12. The zero-order valence-electron chi connectivity index (χ0n) is 20.6. The molecule has 3 rings (SSSR count). The van der Waals surface area contributed by atoms with Gasteiger partial charge in [0.05, 0.1) is 19.8 Å². The van der Waals surface area contributed by atoms with Crippen molar-refractivity contribution in [2.45, 2.75) is 34.2 Å². The topological polar surface area (TPSA) is 85.9 Å². The number of rotatable bonds is 11. The van der Waals surface area contributed by atoms with Gasteiger partial charge in [0.2, 0.25) is 5.75 Å². The molecule has 0 heterocycles. The summed E-state index contributed by atoms with van der Waals surface area (Å²) in [6.07, 6.45) is 0. The zero-order valence-corrected chi connectivity index (χ0v) is 20.6. The lowest BCUT2D eigenvalue weighted by molar-refractivity contribution is 0.0948. The molecule has 0 aliphatic rings. The summed E-state index contributed by atoms with van der Waals surface area (Å²) >= 11 is 0. The summed E-state index contributed by atoms with van der Waals surface area (Å²) in [5.41, 5.74) is 3.58. The second-order valence-corrected chi connectivity index (χ2v) is 7.80. The SMILES string of the molecule is CCOc1cc(C(=O)NCc2cccc(NC(=O)c3ccc(C)cc3)c2)cc(OCC)c1OCC. The first-order chi connectivity index (χ1) is 16.9. The Hall–Kier alpha value is -4.00. The van der Waals surface area contributed by atoms with E-state index in [2.05, 4.69) is 10.6 Å². The maximum absolute atomic E-state index is 12.9. The monoisotopic (exact) mass is 476 g/mol. The van der Waals surface area contributed by atoms with Gasteiger partial charge in [0, 0.05) is 23.4 Å². The van der Waals surface area contributed by atoms with Crippen molar-refractivity contribution in [3.8, 4) is 17.2 Å². The molecule has 7 nitrogen and oxygen atoms in total. The maximum atomic E-state index is 12.9. The molecule has 0 atom stereocenters. The number of ether oxygens (including phenoxy) is 3. The van der Waals surface area contributed by atoms with Gasteiger partial charge < -0.3 is 24.8 Å². The predicted molar refractivity (Wildman–Crippen MR) is 137 cm³/mol. The molecule has 0 unspecified atom stereocenters. The number of carbonyl (C=O) groups excluding carboxylic acids is 2. The standard InChI is InChI=1S/C28H32N2O5/c1-5-33-24-16-22(17-25(34-6-2)26(24)35-7-3)27(31)29-18-20-9-8-10-23(15-20)30-28(32)21-13-11-19(4)12-14-21/h8-17H,5-7,18H2,1-4H3,(H,29,31)(H,30,32). The number of amides is 2. The summed E-state index contributed by atoms with van der Waals surface area (Å²) in [5.74, 6) is 0.957. The molecule has 0 saturated carbocycles. The van der Waals surface area contributed by atoms with E-state index in [4.69, 9.17) is 14.2 Å². The number of aryl methyl sites for hydroxylation is 1. The van der Waals surface area contributed by atoms with Gasteiger partial charge in [-0.15, -0.1) is 0 Å². The van der Waals surface area contributed by atoms with Crippen molar-refractivity contribution < 1.29 is 23.8 Å². The Morgan fingerprint density at radius 1 is 0.743 bits per heavy atom. The number of benzene rings is 3. The molecule has 0 fully saturated rings. The molecule has 184 valence electrons. The predicted octanol–water partition coefficient (Wildman–Crippen LogP) is 5.37. The molecule has 2 N–H and O–H groups in total. The Labute approximate surface area is 206 Å². The number of hydrogen-bond acceptors (Lipinski definition) is 5. The fourth-order valence-electron chi connectivity index (χ4n) is 3.47. The zero-order chi connectivity index (χ0) is 25.2. The first-order valence-corrected chi connectivity index (χ1v) is 11.8. The Bertz CT molecular complexity index is 1130. The number of nitrogens with one attached hydrogen (secondary N) is 2.